The predicted octanol–water partition coefficient (Wildman–Crippen LogP) is 7.29. The van der Waals surface area contributed by atoms with Crippen molar-refractivity contribution in [3.05, 3.63) is 77.6 Å². The van der Waals surface area contributed by atoms with E-state index in [4.69, 9.17) is 23.4 Å². The molecule has 8 nitrogen and oxygen atoms in total. The van der Waals surface area contributed by atoms with E-state index in [1.807, 2.05) is 60.7 Å². The predicted molar refractivity (Wildman–Crippen MR) is 191 cm³/mol. The van der Waals surface area contributed by atoms with Crippen LogP contribution in [0.5, 0.6) is 5.75 Å². The Balaban J connectivity index is 1.55. The van der Waals surface area contributed by atoms with E-state index in [0.29, 0.717) is 31.4 Å². The molecule has 0 spiro atoms. The van der Waals surface area contributed by atoms with Crippen LogP contribution < -0.4 is 4.74 Å². The first-order valence-electron chi connectivity index (χ1n) is 18.0. The third-order valence-corrected chi connectivity index (χ3v) is 17.8. The number of aliphatic hydroxyl groups is 3. The van der Waals surface area contributed by atoms with Crippen molar-refractivity contribution in [3.63, 3.8) is 0 Å². The lowest BCUT2D eigenvalue weighted by atomic mass is 9.55. The molecular weight excluding hydrogens is 637 g/mol. The quantitative estimate of drug-likeness (QED) is 0.248. The molecule has 2 bridgehead atoms. The topological polar surface area (TPSA) is 107 Å². The Bertz CT molecular complexity index is 1500. The molecule has 6 rings (SSSR count). The SMILES string of the molecule is COc1ccc([C@H]2O[C@@H]3[C@H]4CC[C@@](O)(/C(OCc5ccccc5)=C\[C@@H]5[C@](O)(CO)CC[C@H](O[Si](C)(C)C(C)(C)C)[C@@]5(C)[C@@H]3O2)C4(C)C)cc1. The van der Waals surface area contributed by atoms with Crippen LogP contribution in [0.3, 0.4) is 0 Å². The zero-order valence-corrected chi connectivity index (χ0v) is 31.9. The smallest absolute Gasteiger partial charge is 0.192 e. The fourth-order valence-corrected chi connectivity index (χ4v) is 10.4. The highest BCUT2D eigenvalue weighted by Gasteiger charge is 2.69. The molecule has 2 aromatic rings. The maximum Gasteiger partial charge on any atom is 0.192 e. The summed E-state index contributed by atoms with van der Waals surface area (Å²) < 4.78 is 33.6. The summed E-state index contributed by atoms with van der Waals surface area (Å²) in [4.78, 5) is 0. The second-order valence-corrected chi connectivity index (χ2v) is 22.1. The molecule has 3 N–H and O–H groups in total. The summed E-state index contributed by atoms with van der Waals surface area (Å²) in [6.07, 6.45) is 2.03. The van der Waals surface area contributed by atoms with Crippen LogP contribution in [-0.2, 0) is 25.2 Å². The number of methoxy groups -OCH3 is 1. The van der Waals surface area contributed by atoms with E-state index in [1.54, 1.807) is 7.11 Å². The number of aliphatic hydroxyl groups excluding tert-OH is 1. The standard InChI is InChI=1S/C40H58O8Si/c1-36(2,3)49(8,9)48-31-20-21-39(42,25-41)30-23-32(45-24-26-13-11-10-12-14-26)40(43)22-19-29(37(40,4)5)33-34(38(30,31)6)47-35(46-33)27-15-17-28(44-7)18-16-27/h10-18,23,29-31,33-35,41-43H,19-22,24-25H2,1-9H3/b32-23+/t29-,30+,31+,33-,34-,35+,38+,39-,40-/m1/s1. The van der Waals surface area contributed by atoms with Crippen LogP contribution in [-0.4, -0.2) is 66.9 Å². The second-order valence-electron chi connectivity index (χ2n) is 17.3. The fraction of sp³-hybridized carbons (Fsp3) is 0.650. The van der Waals surface area contributed by atoms with Crippen molar-refractivity contribution >= 4 is 8.32 Å². The Morgan fingerprint density at radius 1 is 0.918 bits per heavy atom. The van der Waals surface area contributed by atoms with E-state index >= 15 is 0 Å². The van der Waals surface area contributed by atoms with Crippen LogP contribution in [0.15, 0.2) is 66.4 Å². The van der Waals surface area contributed by atoms with Gasteiger partial charge in [0.05, 0.1) is 37.6 Å². The molecule has 9 atom stereocenters. The van der Waals surface area contributed by atoms with Gasteiger partial charge in [0, 0.05) is 22.3 Å². The van der Waals surface area contributed by atoms with Crippen molar-refractivity contribution in [1.29, 1.82) is 0 Å². The third kappa shape index (κ3) is 6.01. The molecule has 0 radical (unpaired) electrons. The normalized spacial score (nSPS) is 38.3. The molecule has 4 aliphatic rings. The van der Waals surface area contributed by atoms with Crippen molar-refractivity contribution in [2.75, 3.05) is 13.7 Å². The van der Waals surface area contributed by atoms with E-state index < -0.39 is 61.4 Å². The number of hydrogen-bond donors (Lipinski definition) is 3. The van der Waals surface area contributed by atoms with Gasteiger partial charge in [0.1, 0.15) is 23.7 Å². The first-order chi connectivity index (χ1) is 22.9. The summed E-state index contributed by atoms with van der Waals surface area (Å²) in [5.41, 5.74) is -2.59. The summed E-state index contributed by atoms with van der Waals surface area (Å²) in [7, 11) is -0.696. The van der Waals surface area contributed by atoms with Crippen LogP contribution >= 0.6 is 0 Å². The molecule has 1 heterocycles. The number of rotatable bonds is 8. The van der Waals surface area contributed by atoms with Crippen LogP contribution in [0.25, 0.3) is 0 Å². The van der Waals surface area contributed by atoms with E-state index in [0.717, 1.165) is 16.9 Å². The highest BCUT2D eigenvalue weighted by molar-refractivity contribution is 6.74. The van der Waals surface area contributed by atoms with Gasteiger partial charge in [-0.1, -0.05) is 84.0 Å². The maximum absolute atomic E-state index is 12.9. The highest BCUT2D eigenvalue weighted by Crippen LogP contribution is 2.64. The molecule has 9 heteroatoms. The van der Waals surface area contributed by atoms with Crippen LogP contribution in [0.1, 0.15) is 84.6 Å². The minimum Gasteiger partial charge on any atom is -0.497 e. The van der Waals surface area contributed by atoms with Gasteiger partial charge in [-0.2, -0.15) is 0 Å². The van der Waals surface area contributed by atoms with Gasteiger partial charge in [-0.3, -0.25) is 0 Å². The Hall–Kier alpha value is -2.24. The Labute approximate surface area is 293 Å². The Morgan fingerprint density at radius 3 is 2.20 bits per heavy atom. The van der Waals surface area contributed by atoms with Crippen LogP contribution in [0.4, 0.5) is 0 Å². The molecule has 0 amide bonds. The maximum atomic E-state index is 12.9. The van der Waals surface area contributed by atoms with Crippen molar-refractivity contribution in [2.45, 2.75) is 128 Å². The molecule has 2 saturated carbocycles. The van der Waals surface area contributed by atoms with Crippen molar-refractivity contribution < 1.29 is 38.7 Å². The molecule has 3 aliphatic carbocycles. The van der Waals surface area contributed by atoms with Gasteiger partial charge >= 0.3 is 0 Å². The summed E-state index contributed by atoms with van der Waals surface area (Å²) >= 11 is 0. The minimum atomic E-state index is -2.34. The average molecular weight is 695 g/mol. The Morgan fingerprint density at radius 2 is 1.59 bits per heavy atom. The van der Waals surface area contributed by atoms with Gasteiger partial charge in [-0.15, -0.1) is 0 Å². The van der Waals surface area contributed by atoms with E-state index in [-0.39, 0.29) is 23.7 Å². The number of fused-ring (bicyclic) bond motifs is 6. The number of benzene rings is 2. The summed E-state index contributed by atoms with van der Waals surface area (Å²) in [5.74, 6) is 0.382. The van der Waals surface area contributed by atoms with Gasteiger partial charge in [0.2, 0.25) is 0 Å². The van der Waals surface area contributed by atoms with Crippen LogP contribution in [0, 0.1) is 22.7 Å². The van der Waals surface area contributed by atoms with Gasteiger partial charge in [0.15, 0.2) is 14.6 Å². The van der Waals surface area contributed by atoms with Crippen molar-refractivity contribution in [2.24, 2.45) is 22.7 Å². The summed E-state index contributed by atoms with van der Waals surface area (Å²) in [6, 6.07) is 17.7. The monoisotopic (exact) mass is 694 g/mol. The summed E-state index contributed by atoms with van der Waals surface area (Å²) in [5, 5.41) is 36.3. The Kier molecular flexibility index (Phi) is 9.52. The minimum absolute atomic E-state index is 0.0594. The summed E-state index contributed by atoms with van der Waals surface area (Å²) in [6.45, 7) is 17.4. The molecule has 0 unspecified atom stereocenters. The lowest BCUT2D eigenvalue weighted by Crippen LogP contribution is -2.66. The van der Waals surface area contributed by atoms with Gasteiger partial charge < -0.3 is 38.7 Å². The largest absolute Gasteiger partial charge is 0.497 e. The van der Waals surface area contributed by atoms with E-state index in [2.05, 4.69) is 54.6 Å². The van der Waals surface area contributed by atoms with Gasteiger partial charge in [-0.05, 0) is 73.5 Å². The molecule has 1 aliphatic heterocycles. The second kappa shape index (κ2) is 12.8. The molecule has 270 valence electrons. The molecule has 49 heavy (non-hydrogen) atoms. The first kappa shape index (κ1) is 36.5. The molecule has 0 aromatic heterocycles. The van der Waals surface area contributed by atoms with E-state index in [9.17, 15) is 15.3 Å². The number of ether oxygens (including phenoxy) is 4. The zero-order chi connectivity index (χ0) is 35.6. The van der Waals surface area contributed by atoms with Gasteiger partial charge in [-0.25, -0.2) is 0 Å². The molecule has 2 aromatic carbocycles. The van der Waals surface area contributed by atoms with Crippen LogP contribution in [0.2, 0.25) is 18.1 Å². The highest BCUT2D eigenvalue weighted by atomic mass is 28.4. The molecular formula is C40H58O8Si. The lowest BCUT2D eigenvalue weighted by molar-refractivity contribution is -0.200. The molecule has 1 saturated heterocycles. The van der Waals surface area contributed by atoms with Crippen molar-refractivity contribution in [3.8, 4) is 5.75 Å². The first-order valence-corrected chi connectivity index (χ1v) is 20.9. The lowest BCUT2D eigenvalue weighted by Gasteiger charge is -2.58. The fourth-order valence-electron chi connectivity index (χ4n) is 8.96. The van der Waals surface area contributed by atoms with E-state index in [1.165, 1.54) is 0 Å². The molecule has 3 fully saturated rings. The number of hydrogen-bond acceptors (Lipinski definition) is 8. The van der Waals surface area contributed by atoms with Gasteiger partial charge in [0.25, 0.3) is 0 Å². The van der Waals surface area contributed by atoms with Crippen molar-refractivity contribution in [1.82, 2.24) is 0 Å². The average Bonchev–Trinajstić information content (AvgIpc) is 3.60. The zero-order valence-electron chi connectivity index (χ0n) is 30.9. The third-order valence-electron chi connectivity index (χ3n) is 13.3.